The van der Waals surface area contributed by atoms with Gasteiger partial charge in [0.25, 0.3) is 0 Å². The molecule has 64 heavy (non-hydrogen) atoms. The van der Waals surface area contributed by atoms with E-state index in [1.54, 1.807) is 0 Å². The van der Waals surface area contributed by atoms with Gasteiger partial charge in [-0.3, -0.25) is 0 Å². The second-order valence-electron chi connectivity index (χ2n) is 16.3. The third kappa shape index (κ3) is 6.85. The van der Waals surface area contributed by atoms with Crippen molar-refractivity contribution in [2.24, 2.45) is 0 Å². The summed E-state index contributed by atoms with van der Waals surface area (Å²) < 4.78 is 16.5. The molecule has 0 spiro atoms. The average Bonchev–Trinajstić information content (AvgIpc) is 3.70. The van der Waals surface area contributed by atoms with Crippen LogP contribution < -0.4 is 4.90 Å². The summed E-state index contributed by atoms with van der Waals surface area (Å²) in [6.07, 6.45) is 0. The Hall–Kier alpha value is -8.27. The van der Waals surface area contributed by atoms with E-state index in [0.717, 1.165) is 61.2 Å². The quantitative estimate of drug-likeness (QED) is 0.125. The van der Waals surface area contributed by atoms with Gasteiger partial charge in [-0.2, -0.15) is 0 Å². The number of hydrogen-bond donors (Lipinski definition) is 0. The molecule has 0 aliphatic carbocycles. The Balaban J connectivity index is 1.05. The van der Waals surface area contributed by atoms with Crippen LogP contribution in [0.25, 0.3) is 49.7 Å². The molecule has 0 bridgehead atoms. The molecule has 2 nitrogen and oxygen atoms in total. The molecule has 11 rings (SSSR count). The molecule has 0 N–H and O–H groups in total. The second kappa shape index (κ2) is 16.5. The third-order valence-corrected chi connectivity index (χ3v) is 12.6. The van der Waals surface area contributed by atoms with Gasteiger partial charge in [-0.05, 0) is 111 Å². The molecule has 3 heteroatoms. The van der Waals surface area contributed by atoms with E-state index in [-0.39, 0.29) is 5.82 Å². The van der Waals surface area contributed by atoms with Crippen LogP contribution in [0, 0.1) is 5.82 Å². The van der Waals surface area contributed by atoms with Crippen molar-refractivity contribution < 1.29 is 4.39 Å². The first-order valence-electron chi connectivity index (χ1n) is 21.8. The highest BCUT2D eigenvalue weighted by molar-refractivity contribution is 6.10. The standard InChI is InChI=1S/C61H43FN2/c62-52-34-38-54(39-35-52)64-59-27-14-13-26-57(59)58-41-40-56(43-60(58)64)63(53-36-30-45(31-37-53)44-16-5-1-6-17-44)55-25-15-18-47(42-55)46-28-32-51(33-29-46)61(48-19-7-2-8-20-48,49-21-9-3-10-22-49)50-23-11-4-12-24-50/h1-43H. The summed E-state index contributed by atoms with van der Waals surface area (Å²) in [5.41, 5.74) is 15.0. The number of para-hydroxylation sites is 1. The molecule has 0 fully saturated rings. The molecule has 1 heterocycles. The van der Waals surface area contributed by atoms with Crippen LogP contribution in [0.2, 0.25) is 0 Å². The van der Waals surface area contributed by atoms with E-state index < -0.39 is 5.41 Å². The number of anilines is 3. The van der Waals surface area contributed by atoms with Gasteiger partial charge in [0.15, 0.2) is 0 Å². The van der Waals surface area contributed by atoms with Gasteiger partial charge in [-0.25, -0.2) is 4.39 Å². The fourth-order valence-electron chi connectivity index (χ4n) is 9.65. The largest absolute Gasteiger partial charge is 0.310 e. The SMILES string of the molecule is Fc1ccc(-n2c3ccccc3c3ccc(N(c4ccc(-c5ccccc5)cc4)c4cccc(-c5ccc(C(c6ccccc6)(c6ccccc6)c6ccccc6)cc5)c4)cc32)cc1. The highest BCUT2D eigenvalue weighted by Crippen LogP contribution is 2.46. The van der Waals surface area contributed by atoms with Gasteiger partial charge in [0.05, 0.1) is 16.4 Å². The highest BCUT2D eigenvalue weighted by Gasteiger charge is 2.38. The van der Waals surface area contributed by atoms with Crippen molar-refractivity contribution in [3.8, 4) is 27.9 Å². The topological polar surface area (TPSA) is 8.17 Å². The van der Waals surface area contributed by atoms with Gasteiger partial charge in [-0.15, -0.1) is 0 Å². The lowest BCUT2D eigenvalue weighted by Gasteiger charge is -2.37. The Morgan fingerprint density at radius 2 is 0.766 bits per heavy atom. The highest BCUT2D eigenvalue weighted by atomic mass is 19.1. The fraction of sp³-hybridized carbons (Fsp3) is 0.0164. The van der Waals surface area contributed by atoms with E-state index in [2.05, 4.69) is 240 Å². The lowest BCUT2D eigenvalue weighted by Crippen LogP contribution is -2.30. The van der Waals surface area contributed by atoms with Crippen molar-refractivity contribution >= 4 is 38.9 Å². The molecule has 0 unspecified atom stereocenters. The first-order valence-corrected chi connectivity index (χ1v) is 21.8. The first kappa shape index (κ1) is 38.6. The number of nitrogens with zero attached hydrogens (tertiary/aromatic N) is 2. The first-order chi connectivity index (χ1) is 31.6. The molecule has 0 radical (unpaired) electrons. The predicted molar refractivity (Wildman–Crippen MR) is 265 cm³/mol. The molecule has 10 aromatic carbocycles. The fourth-order valence-corrected chi connectivity index (χ4v) is 9.65. The molecule has 0 aliphatic heterocycles. The van der Waals surface area contributed by atoms with Crippen molar-refractivity contribution in [2.45, 2.75) is 5.41 Å². The smallest absolute Gasteiger partial charge is 0.123 e. The summed E-state index contributed by atoms with van der Waals surface area (Å²) in [6, 6.07) is 91.7. The van der Waals surface area contributed by atoms with Crippen molar-refractivity contribution in [1.29, 1.82) is 0 Å². The summed E-state index contributed by atoms with van der Waals surface area (Å²) >= 11 is 0. The minimum atomic E-state index is -0.526. The van der Waals surface area contributed by atoms with Gasteiger partial charge >= 0.3 is 0 Å². The van der Waals surface area contributed by atoms with E-state index in [1.807, 2.05) is 18.2 Å². The van der Waals surface area contributed by atoms with Crippen LogP contribution >= 0.6 is 0 Å². The van der Waals surface area contributed by atoms with Crippen LogP contribution in [0.3, 0.4) is 0 Å². The molecule has 11 aromatic rings. The van der Waals surface area contributed by atoms with Crippen molar-refractivity contribution in [3.05, 3.63) is 289 Å². The molecular weight excluding hydrogens is 780 g/mol. The maximum absolute atomic E-state index is 14.3. The number of aromatic nitrogens is 1. The van der Waals surface area contributed by atoms with Crippen LogP contribution in [0.1, 0.15) is 22.3 Å². The molecule has 1 aromatic heterocycles. The second-order valence-corrected chi connectivity index (χ2v) is 16.3. The number of hydrogen-bond acceptors (Lipinski definition) is 1. The van der Waals surface area contributed by atoms with Gasteiger partial charge in [0.1, 0.15) is 5.82 Å². The van der Waals surface area contributed by atoms with Crippen LogP contribution in [0.15, 0.2) is 261 Å². The predicted octanol–water partition coefficient (Wildman–Crippen LogP) is 16.1. The molecular formula is C61H43FN2. The summed E-state index contributed by atoms with van der Waals surface area (Å²) in [5, 5.41) is 2.28. The van der Waals surface area contributed by atoms with Gasteiger partial charge in [0, 0.05) is 33.5 Å². The van der Waals surface area contributed by atoms with E-state index in [0.29, 0.717) is 0 Å². The summed E-state index contributed by atoms with van der Waals surface area (Å²) in [4.78, 5) is 2.34. The maximum Gasteiger partial charge on any atom is 0.123 e. The molecule has 0 atom stereocenters. The van der Waals surface area contributed by atoms with Crippen LogP contribution in [-0.4, -0.2) is 4.57 Å². The Bertz CT molecular complexity index is 3250. The van der Waals surface area contributed by atoms with Gasteiger partial charge in [0.2, 0.25) is 0 Å². The molecule has 0 saturated carbocycles. The lowest BCUT2D eigenvalue weighted by molar-refractivity contribution is 0.627. The minimum Gasteiger partial charge on any atom is -0.310 e. The van der Waals surface area contributed by atoms with Crippen molar-refractivity contribution in [2.75, 3.05) is 4.90 Å². The average molecular weight is 823 g/mol. The van der Waals surface area contributed by atoms with Crippen molar-refractivity contribution in [3.63, 3.8) is 0 Å². The summed E-state index contributed by atoms with van der Waals surface area (Å²) in [6.45, 7) is 0. The monoisotopic (exact) mass is 822 g/mol. The van der Waals surface area contributed by atoms with E-state index in [4.69, 9.17) is 0 Å². The molecule has 304 valence electrons. The van der Waals surface area contributed by atoms with Crippen LogP contribution in [0.5, 0.6) is 0 Å². The summed E-state index contributed by atoms with van der Waals surface area (Å²) in [7, 11) is 0. The number of benzene rings is 10. The Morgan fingerprint density at radius 3 is 1.39 bits per heavy atom. The summed E-state index contributed by atoms with van der Waals surface area (Å²) in [5.74, 6) is -0.257. The van der Waals surface area contributed by atoms with Gasteiger partial charge in [-0.1, -0.05) is 194 Å². The van der Waals surface area contributed by atoms with E-state index >= 15 is 0 Å². The Kier molecular flexibility index (Phi) is 9.99. The van der Waals surface area contributed by atoms with Crippen LogP contribution in [-0.2, 0) is 5.41 Å². The van der Waals surface area contributed by atoms with E-state index in [1.165, 1.54) is 39.9 Å². The number of halogens is 1. The Morgan fingerprint density at radius 1 is 0.312 bits per heavy atom. The van der Waals surface area contributed by atoms with Crippen LogP contribution in [0.4, 0.5) is 21.5 Å². The van der Waals surface area contributed by atoms with Gasteiger partial charge < -0.3 is 9.47 Å². The molecule has 0 aliphatic rings. The van der Waals surface area contributed by atoms with Crippen molar-refractivity contribution in [1.82, 2.24) is 4.57 Å². The third-order valence-electron chi connectivity index (χ3n) is 12.6. The number of rotatable bonds is 10. The zero-order chi connectivity index (χ0) is 42.9. The molecule has 0 saturated heterocycles. The zero-order valence-corrected chi connectivity index (χ0v) is 35.1. The minimum absolute atomic E-state index is 0.257. The Labute approximate surface area is 373 Å². The van der Waals surface area contributed by atoms with E-state index in [9.17, 15) is 4.39 Å². The maximum atomic E-state index is 14.3. The molecule has 0 amide bonds. The lowest BCUT2D eigenvalue weighted by atomic mass is 9.65. The normalized spacial score (nSPS) is 11.5. The number of fused-ring (bicyclic) bond motifs is 3. The zero-order valence-electron chi connectivity index (χ0n) is 35.1.